The fourth-order valence-electron chi connectivity index (χ4n) is 3.15. The standard InChI is InChI=1S/C21H24Cl2N2O2/c1-14-9-11-25(12-10-14)19-6-4-3-5-18(19)24-21(26)15(2)27-20-8-7-16(22)13-17(20)23/h3-8,13-15H,9-12H2,1-2H3,(H,24,26). The van der Waals surface area contributed by atoms with Gasteiger partial charge in [-0.3, -0.25) is 4.79 Å². The molecule has 1 aliphatic heterocycles. The topological polar surface area (TPSA) is 41.6 Å². The van der Waals surface area contributed by atoms with Gasteiger partial charge >= 0.3 is 0 Å². The molecule has 2 aromatic rings. The van der Waals surface area contributed by atoms with Crippen molar-refractivity contribution in [1.29, 1.82) is 0 Å². The summed E-state index contributed by atoms with van der Waals surface area (Å²) in [6.07, 6.45) is 1.63. The Hall–Kier alpha value is -1.91. The highest BCUT2D eigenvalue weighted by Gasteiger charge is 2.21. The molecule has 6 heteroatoms. The second kappa shape index (κ2) is 8.85. The summed E-state index contributed by atoms with van der Waals surface area (Å²) in [7, 11) is 0. The molecule has 0 spiro atoms. The summed E-state index contributed by atoms with van der Waals surface area (Å²) in [5.41, 5.74) is 1.85. The maximum Gasteiger partial charge on any atom is 0.265 e. The van der Waals surface area contributed by atoms with Crippen molar-refractivity contribution < 1.29 is 9.53 Å². The molecule has 2 aromatic carbocycles. The number of rotatable bonds is 5. The minimum atomic E-state index is -0.696. The van der Waals surface area contributed by atoms with Crippen molar-refractivity contribution in [3.8, 4) is 5.75 Å². The molecule has 1 unspecified atom stereocenters. The number of nitrogens with one attached hydrogen (secondary N) is 1. The molecule has 0 aromatic heterocycles. The van der Waals surface area contributed by atoms with Gasteiger partial charge < -0.3 is 15.0 Å². The Morgan fingerprint density at radius 2 is 1.89 bits per heavy atom. The van der Waals surface area contributed by atoms with E-state index in [0.717, 1.165) is 43.2 Å². The molecule has 144 valence electrons. The SMILES string of the molecule is CC1CCN(c2ccccc2NC(=O)C(C)Oc2ccc(Cl)cc2Cl)CC1. The van der Waals surface area contributed by atoms with Crippen LogP contribution in [0.3, 0.4) is 0 Å². The van der Waals surface area contributed by atoms with Gasteiger partial charge in [0.05, 0.1) is 16.4 Å². The molecule has 4 nitrogen and oxygen atoms in total. The number of anilines is 2. The number of piperidine rings is 1. The lowest BCUT2D eigenvalue weighted by molar-refractivity contribution is -0.122. The monoisotopic (exact) mass is 406 g/mol. The average molecular weight is 407 g/mol. The lowest BCUT2D eigenvalue weighted by atomic mass is 9.98. The van der Waals surface area contributed by atoms with E-state index in [1.807, 2.05) is 24.3 Å². The predicted molar refractivity (Wildman–Crippen MR) is 112 cm³/mol. The van der Waals surface area contributed by atoms with Crippen molar-refractivity contribution in [2.24, 2.45) is 5.92 Å². The first-order valence-electron chi connectivity index (χ1n) is 9.20. The fourth-order valence-corrected chi connectivity index (χ4v) is 3.61. The second-order valence-corrected chi connectivity index (χ2v) is 7.85. The van der Waals surface area contributed by atoms with E-state index in [-0.39, 0.29) is 5.91 Å². The molecule has 0 radical (unpaired) electrons. The Morgan fingerprint density at radius 1 is 1.19 bits per heavy atom. The van der Waals surface area contributed by atoms with Crippen LogP contribution in [0.15, 0.2) is 42.5 Å². The first kappa shape index (κ1) is 19.8. The van der Waals surface area contributed by atoms with Gasteiger partial charge in [-0.15, -0.1) is 0 Å². The molecular formula is C21H24Cl2N2O2. The summed E-state index contributed by atoms with van der Waals surface area (Å²) in [5.74, 6) is 0.960. The zero-order valence-corrected chi connectivity index (χ0v) is 17.1. The quantitative estimate of drug-likeness (QED) is 0.698. The van der Waals surface area contributed by atoms with Gasteiger partial charge in [0, 0.05) is 18.1 Å². The van der Waals surface area contributed by atoms with E-state index in [1.54, 1.807) is 25.1 Å². The molecule has 27 heavy (non-hydrogen) atoms. The van der Waals surface area contributed by atoms with Gasteiger partial charge in [0.2, 0.25) is 0 Å². The molecule has 1 atom stereocenters. The number of para-hydroxylation sites is 2. The lowest BCUT2D eigenvalue weighted by Crippen LogP contribution is -2.35. The smallest absolute Gasteiger partial charge is 0.265 e. The Labute approximate surface area is 170 Å². The Kier molecular flexibility index (Phi) is 6.51. The Morgan fingerprint density at radius 3 is 2.59 bits per heavy atom. The summed E-state index contributed by atoms with van der Waals surface area (Å²) < 4.78 is 5.72. The number of halogens is 2. The fraction of sp³-hybridized carbons (Fsp3) is 0.381. The number of benzene rings is 2. The maximum absolute atomic E-state index is 12.7. The molecule has 1 N–H and O–H groups in total. The van der Waals surface area contributed by atoms with E-state index in [4.69, 9.17) is 27.9 Å². The average Bonchev–Trinajstić information content (AvgIpc) is 2.65. The normalized spacial score (nSPS) is 16.1. The van der Waals surface area contributed by atoms with Crippen LogP contribution in [-0.2, 0) is 4.79 Å². The Balaban J connectivity index is 1.68. The second-order valence-electron chi connectivity index (χ2n) is 7.01. The van der Waals surface area contributed by atoms with Gasteiger partial charge in [0.15, 0.2) is 6.10 Å². The highest BCUT2D eigenvalue weighted by molar-refractivity contribution is 6.35. The van der Waals surface area contributed by atoms with Gasteiger partial charge in [-0.25, -0.2) is 0 Å². The maximum atomic E-state index is 12.7. The van der Waals surface area contributed by atoms with Crippen LogP contribution >= 0.6 is 23.2 Å². The van der Waals surface area contributed by atoms with Gasteiger partial charge in [-0.05, 0) is 56.0 Å². The van der Waals surface area contributed by atoms with Crippen molar-refractivity contribution in [2.75, 3.05) is 23.3 Å². The summed E-state index contributed by atoms with van der Waals surface area (Å²) in [5, 5.41) is 3.90. The minimum Gasteiger partial charge on any atom is -0.479 e. The van der Waals surface area contributed by atoms with Crippen LogP contribution in [0.4, 0.5) is 11.4 Å². The van der Waals surface area contributed by atoms with Gasteiger partial charge in [0.1, 0.15) is 5.75 Å². The third-order valence-corrected chi connectivity index (χ3v) is 5.38. The van der Waals surface area contributed by atoms with Crippen LogP contribution in [0.2, 0.25) is 10.0 Å². The van der Waals surface area contributed by atoms with E-state index in [0.29, 0.717) is 15.8 Å². The van der Waals surface area contributed by atoms with Crippen molar-refractivity contribution in [1.82, 2.24) is 0 Å². The third-order valence-electron chi connectivity index (χ3n) is 4.85. The van der Waals surface area contributed by atoms with Crippen LogP contribution < -0.4 is 15.0 Å². The molecule has 3 rings (SSSR count). The van der Waals surface area contributed by atoms with Crippen molar-refractivity contribution >= 4 is 40.5 Å². The molecular weight excluding hydrogens is 383 g/mol. The number of amides is 1. The molecule has 1 aliphatic rings. The third kappa shape index (κ3) is 5.08. The lowest BCUT2D eigenvalue weighted by Gasteiger charge is -2.33. The van der Waals surface area contributed by atoms with Crippen molar-refractivity contribution in [2.45, 2.75) is 32.8 Å². The molecule has 1 amide bonds. The molecule has 1 saturated heterocycles. The summed E-state index contributed by atoms with van der Waals surface area (Å²) in [6.45, 7) is 5.98. The zero-order chi connectivity index (χ0) is 19.4. The molecule has 0 aliphatic carbocycles. The van der Waals surface area contributed by atoms with E-state index in [2.05, 4.69) is 17.1 Å². The van der Waals surface area contributed by atoms with Crippen LogP contribution in [0.25, 0.3) is 0 Å². The van der Waals surface area contributed by atoms with Gasteiger partial charge in [-0.1, -0.05) is 42.3 Å². The summed E-state index contributed by atoms with van der Waals surface area (Å²) in [6, 6.07) is 12.8. The number of nitrogens with zero attached hydrogens (tertiary/aromatic N) is 1. The predicted octanol–water partition coefficient (Wildman–Crippen LogP) is 5.64. The molecule has 1 fully saturated rings. The summed E-state index contributed by atoms with van der Waals surface area (Å²) >= 11 is 12.0. The number of hydrogen-bond donors (Lipinski definition) is 1. The molecule has 1 heterocycles. The van der Waals surface area contributed by atoms with Crippen LogP contribution in [0.1, 0.15) is 26.7 Å². The number of ether oxygens (including phenoxy) is 1. The highest BCUT2D eigenvalue weighted by atomic mass is 35.5. The van der Waals surface area contributed by atoms with Gasteiger partial charge in [0.25, 0.3) is 5.91 Å². The van der Waals surface area contributed by atoms with Gasteiger partial charge in [-0.2, -0.15) is 0 Å². The zero-order valence-electron chi connectivity index (χ0n) is 15.5. The van der Waals surface area contributed by atoms with E-state index < -0.39 is 6.10 Å². The van der Waals surface area contributed by atoms with Crippen molar-refractivity contribution in [3.05, 3.63) is 52.5 Å². The van der Waals surface area contributed by atoms with Crippen LogP contribution in [-0.4, -0.2) is 25.1 Å². The Bertz CT molecular complexity index is 805. The van der Waals surface area contributed by atoms with Crippen molar-refractivity contribution in [3.63, 3.8) is 0 Å². The largest absolute Gasteiger partial charge is 0.479 e. The van der Waals surface area contributed by atoms with E-state index >= 15 is 0 Å². The van der Waals surface area contributed by atoms with Crippen LogP contribution in [0, 0.1) is 5.92 Å². The minimum absolute atomic E-state index is 0.223. The van der Waals surface area contributed by atoms with E-state index in [9.17, 15) is 4.79 Å². The first-order chi connectivity index (χ1) is 12.9. The number of hydrogen-bond acceptors (Lipinski definition) is 3. The number of carbonyl (C=O) groups is 1. The molecule has 0 bridgehead atoms. The highest BCUT2D eigenvalue weighted by Crippen LogP contribution is 2.31. The number of carbonyl (C=O) groups excluding carboxylic acids is 1. The molecule has 0 saturated carbocycles. The summed E-state index contributed by atoms with van der Waals surface area (Å²) in [4.78, 5) is 15.0. The van der Waals surface area contributed by atoms with Crippen LogP contribution in [0.5, 0.6) is 5.75 Å². The van der Waals surface area contributed by atoms with E-state index in [1.165, 1.54) is 0 Å². The first-order valence-corrected chi connectivity index (χ1v) is 9.96.